The molecule has 2 heterocycles. The Balaban J connectivity index is 0.00000288. The summed E-state index contributed by atoms with van der Waals surface area (Å²) in [7, 11) is 3.58. The Kier molecular flexibility index (Phi) is 8.97. The third-order valence-electron chi connectivity index (χ3n) is 4.52. The van der Waals surface area contributed by atoms with Crippen LogP contribution in [0.5, 0.6) is 0 Å². The molecule has 0 aliphatic carbocycles. The van der Waals surface area contributed by atoms with Gasteiger partial charge in [0.15, 0.2) is 5.96 Å². The van der Waals surface area contributed by atoms with Crippen LogP contribution in [0.1, 0.15) is 31.6 Å². The average Bonchev–Trinajstić information content (AvgIpc) is 3.11. The molecule has 0 spiro atoms. The van der Waals surface area contributed by atoms with Gasteiger partial charge < -0.3 is 20.1 Å². The van der Waals surface area contributed by atoms with Crippen LogP contribution in [0.25, 0.3) is 0 Å². The topological polar surface area (TPSA) is 54.9 Å². The fourth-order valence-corrected chi connectivity index (χ4v) is 3.57. The zero-order valence-electron chi connectivity index (χ0n) is 15.1. The van der Waals surface area contributed by atoms with Crippen molar-refractivity contribution in [2.24, 2.45) is 4.99 Å². The van der Waals surface area contributed by atoms with Crippen LogP contribution < -0.4 is 10.6 Å². The lowest BCUT2D eigenvalue weighted by atomic mass is 9.91. The van der Waals surface area contributed by atoms with Crippen LogP contribution in [0.15, 0.2) is 22.5 Å². The molecule has 24 heavy (non-hydrogen) atoms. The van der Waals surface area contributed by atoms with E-state index in [1.54, 1.807) is 25.5 Å². The minimum Gasteiger partial charge on any atom is -0.381 e. The van der Waals surface area contributed by atoms with E-state index < -0.39 is 0 Å². The molecule has 0 saturated carbocycles. The Hall–Kier alpha value is -0.380. The lowest BCUT2D eigenvalue weighted by molar-refractivity contribution is -0.0855. The van der Waals surface area contributed by atoms with E-state index in [0.717, 1.165) is 45.1 Å². The van der Waals surface area contributed by atoms with Crippen molar-refractivity contribution in [2.75, 3.05) is 40.5 Å². The molecule has 0 amide bonds. The molecule has 5 nitrogen and oxygen atoms in total. The largest absolute Gasteiger partial charge is 0.381 e. The molecule has 0 bridgehead atoms. The zero-order chi connectivity index (χ0) is 16.8. The van der Waals surface area contributed by atoms with Crippen LogP contribution in [0.2, 0.25) is 0 Å². The number of thiophene rings is 1. The number of nitrogens with zero attached hydrogens (tertiary/aromatic N) is 1. The van der Waals surface area contributed by atoms with E-state index >= 15 is 0 Å². The third kappa shape index (κ3) is 5.86. The van der Waals surface area contributed by atoms with Gasteiger partial charge in [-0.1, -0.05) is 19.9 Å². The Morgan fingerprint density at radius 3 is 2.62 bits per heavy atom. The van der Waals surface area contributed by atoms with Gasteiger partial charge in [0.05, 0.1) is 5.60 Å². The van der Waals surface area contributed by atoms with Crippen LogP contribution in [0.3, 0.4) is 0 Å². The number of ether oxygens (including phenoxy) is 2. The maximum absolute atomic E-state index is 5.75. The number of halogens is 1. The smallest absolute Gasteiger partial charge is 0.191 e. The number of methoxy groups -OCH3 is 1. The predicted molar refractivity (Wildman–Crippen MR) is 112 cm³/mol. The van der Waals surface area contributed by atoms with E-state index in [2.05, 4.69) is 47.0 Å². The lowest BCUT2D eigenvalue weighted by Crippen LogP contribution is -2.52. The van der Waals surface area contributed by atoms with Crippen LogP contribution >= 0.6 is 35.3 Å². The Morgan fingerprint density at radius 2 is 2.08 bits per heavy atom. The molecule has 0 radical (unpaired) electrons. The van der Waals surface area contributed by atoms with Crippen molar-refractivity contribution < 1.29 is 9.47 Å². The summed E-state index contributed by atoms with van der Waals surface area (Å²) in [5, 5.41) is 8.97. The van der Waals surface area contributed by atoms with Crippen LogP contribution in [-0.2, 0) is 14.9 Å². The summed E-state index contributed by atoms with van der Waals surface area (Å²) in [5.74, 6) is 0.817. The fourth-order valence-electron chi connectivity index (χ4n) is 2.72. The highest BCUT2D eigenvalue weighted by molar-refractivity contribution is 14.0. The molecule has 1 aliphatic heterocycles. The van der Waals surface area contributed by atoms with Crippen LogP contribution in [-0.4, -0.2) is 52.0 Å². The molecule has 138 valence electrons. The van der Waals surface area contributed by atoms with E-state index in [9.17, 15) is 0 Å². The number of hydrogen-bond donors (Lipinski definition) is 2. The molecule has 0 aromatic carbocycles. The average molecular weight is 467 g/mol. The van der Waals surface area contributed by atoms with Crippen LogP contribution in [0, 0.1) is 0 Å². The van der Waals surface area contributed by atoms with Gasteiger partial charge in [0.25, 0.3) is 0 Å². The second-order valence-corrected chi connectivity index (χ2v) is 7.59. The first-order chi connectivity index (χ1) is 11.0. The first-order valence-electron chi connectivity index (χ1n) is 8.13. The zero-order valence-corrected chi connectivity index (χ0v) is 18.2. The summed E-state index contributed by atoms with van der Waals surface area (Å²) < 4.78 is 11.2. The van der Waals surface area contributed by atoms with Crippen molar-refractivity contribution in [2.45, 2.75) is 37.7 Å². The molecule has 2 rings (SSSR count). The number of hydrogen-bond acceptors (Lipinski definition) is 4. The highest BCUT2D eigenvalue weighted by atomic mass is 127. The normalized spacial score (nSPS) is 17.9. The highest BCUT2D eigenvalue weighted by Crippen LogP contribution is 2.26. The van der Waals surface area contributed by atoms with Gasteiger partial charge in [-0.15, -0.1) is 35.3 Å². The summed E-state index contributed by atoms with van der Waals surface area (Å²) in [6, 6.07) is 4.28. The SMILES string of the molecule is CN=C(NCC1(OC)CCOCC1)NCC(C)(C)c1cccs1.I. The molecular formula is C17H30IN3O2S. The molecular weight excluding hydrogens is 437 g/mol. The summed E-state index contributed by atoms with van der Waals surface area (Å²) in [6.45, 7) is 7.57. The van der Waals surface area contributed by atoms with Crippen molar-refractivity contribution in [3.05, 3.63) is 22.4 Å². The number of nitrogens with one attached hydrogen (secondary N) is 2. The fraction of sp³-hybridized carbons (Fsp3) is 0.706. The van der Waals surface area contributed by atoms with Gasteiger partial charge >= 0.3 is 0 Å². The number of rotatable bonds is 6. The van der Waals surface area contributed by atoms with Gasteiger partial charge in [-0.25, -0.2) is 0 Å². The van der Waals surface area contributed by atoms with E-state index in [-0.39, 0.29) is 35.0 Å². The molecule has 1 aromatic heterocycles. The molecule has 1 fully saturated rings. The maximum Gasteiger partial charge on any atom is 0.191 e. The molecule has 7 heteroatoms. The monoisotopic (exact) mass is 467 g/mol. The second-order valence-electron chi connectivity index (χ2n) is 6.64. The summed E-state index contributed by atoms with van der Waals surface area (Å²) >= 11 is 1.79. The lowest BCUT2D eigenvalue weighted by Gasteiger charge is -2.36. The predicted octanol–water partition coefficient (Wildman–Crippen LogP) is 3.00. The van der Waals surface area contributed by atoms with Crippen LogP contribution in [0.4, 0.5) is 0 Å². The van der Waals surface area contributed by atoms with Gasteiger partial charge in [0.1, 0.15) is 0 Å². The van der Waals surface area contributed by atoms with Crippen molar-refractivity contribution >= 4 is 41.3 Å². The Labute approximate surface area is 166 Å². The highest BCUT2D eigenvalue weighted by Gasteiger charge is 2.32. The summed E-state index contributed by atoms with van der Waals surface area (Å²) in [6.07, 6.45) is 1.82. The van der Waals surface area contributed by atoms with Crippen molar-refractivity contribution in [3.8, 4) is 0 Å². The minimum atomic E-state index is -0.154. The standard InChI is InChI=1S/C17H29N3O2S.HI/c1-16(2,14-6-5-11-23-14)12-19-15(18-3)20-13-17(21-4)7-9-22-10-8-17;/h5-6,11H,7-10,12-13H2,1-4H3,(H2,18,19,20);1H. The van der Waals surface area contributed by atoms with Gasteiger partial charge in [0.2, 0.25) is 0 Å². The summed E-state index contributed by atoms with van der Waals surface area (Å²) in [4.78, 5) is 5.71. The molecule has 1 aromatic rings. The molecule has 0 unspecified atom stereocenters. The molecule has 1 saturated heterocycles. The molecule has 0 atom stereocenters. The maximum atomic E-state index is 5.75. The van der Waals surface area contributed by atoms with Crippen molar-refractivity contribution in [3.63, 3.8) is 0 Å². The van der Waals surface area contributed by atoms with Gasteiger partial charge in [0, 0.05) is 63.6 Å². The third-order valence-corrected chi connectivity index (χ3v) is 5.76. The van der Waals surface area contributed by atoms with Gasteiger partial charge in [-0.3, -0.25) is 4.99 Å². The molecule has 2 N–H and O–H groups in total. The van der Waals surface area contributed by atoms with Crippen molar-refractivity contribution in [1.29, 1.82) is 0 Å². The first kappa shape index (κ1) is 21.7. The van der Waals surface area contributed by atoms with E-state index in [0.29, 0.717) is 0 Å². The molecule has 1 aliphatic rings. The van der Waals surface area contributed by atoms with Gasteiger partial charge in [-0.05, 0) is 11.4 Å². The minimum absolute atomic E-state index is 0. The van der Waals surface area contributed by atoms with Crippen molar-refractivity contribution in [1.82, 2.24) is 10.6 Å². The van der Waals surface area contributed by atoms with E-state index in [4.69, 9.17) is 9.47 Å². The van der Waals surface area contributed by atoms with E-state index in [1.165, 1.54) is 4.88 Å². The second kappa shape index (κ2) is 9.94. The quantitative estimate of drug-likeness (QED) is 0.384. The number of guanidine groups is 1. The van der Waals surface area contributed by atoms with Gasteiger partial charge in [-0.2, -0.15) is 0 Å². The summed E-state index contributed by atoms with van der Waals surface area (Å²) in [5.41, 5.74) is -0.0808. The van der Waals surface area contributed by atoms with E-state index in [1.807, 2.05) is 0 Å². The number of aliphatic imine (C=N–C) groups is 1. The Morgan fingerprint density at radius 1 is 1.38 bits per heavy atom. The first-order valence-corrected chi connectivity index (χ1v) is 9.01. The Bertz CT molecular complexity index is 500.